The highest BCUT2D eigenvalue weighted by atomic mass is 32.1. The van der Waals surface area contributed by atoms with Crippen LogP contribution in [0.3, 0.4) is 0 Å². The Morgan fingerprint density at radius 3 is 2.80 bits per heavy atom. The summed E-state index contributed by atoms with van der Waals surface area (Å²) in [5.41, 5.74) is 11.8. The summed E-state index contributed by atoms with van der Waals surface area (Å²) in [6.07, 6.45) is 1.04. The average molecular weight is 298 g/mol. The first-order chi connectivity index (χ1) is 9.50. The average Bonchev–Trinajstić information content (AvgIpc) is 2.57. The van der Waals surface area contributed by atoms with E-state index < -0.39 is 5.91 Å². The van der Waals surface area contributed by atoms with Crippen LogP contribution < -0.4 is 26.4 Å². The molecule has 1 aromatic rings. The highest BCUT2D eigenvalue weighted by Gasteiger charge is 2.25. The number of anilines is 2. The maximum absolute atomic E-state index is 11.5. The monoisotopic (exact) mass is 298 g/mol. The van der Waals surface area contributed by atoms with Crippen molar-refractivity contribution in [1.82, 2.24) is 5.32 Å². The SMILES string of the molecule is CC(C)Oc1c(N2CCCNCC2)sc(C(N)=O)c1N. The van der Waals surface area contributed by atoms with Gasteiger partial charge in [-0.3, -0.25) is 4.79 Å². The molecule has 5 N–H and O–H groups in total. The van der Waals surface area contributed by atoms with Gasteiger partial charge in [0, 0.05) is 19.6 Å². The van der Waals surface area contributed by atoms with Crippen molar-refractivity contribution in [3.05, 3.63) is 4.88 Å². The zero-order valence-corrected chi connectivity index (χ0v) is 12.8. The molecule has 112 valence electrons. The molecule has 7 heteroatoms. The quantitative estimate of drug-likeness (QED) is 0.771. The van der Waals surface area contributed by atoms with Crippen molar-refractivity contribution >= 4 is 27.9 Å². The summed E-state index contributed by atoms with van der Waals surface area (Å²) in [6.45, 7) is 7.57. The Labute approximate surface area is 123 Å². The number of nitrogen functional groups attached to an aromatic ring is 1. The van der Waals surface area contributed by atoms with Crippen molar-refractivity contribution in [3.8, 4) is 5.75 Å². The predicted molar refractivity (Wildman–Crippen MR) is 82.7 cm³/mol. The molecule has 0 radical (unpaired) electrons. The van der Waals surface area contributed by atoms with E-state index in [4.69, 9.17) is 16.2 Å². The number of primary amides is 1. The number of rotatable bonds is 4. The van der Waals surface area contributed by atoms with E-state index >= 15 is 0 Å². The topological polar surface area (TPSA) is 93.6 Å². The number of amides is 1. The lowest BCUT2D eigenvalue weighted by Gasteiger charge is -2.22. The number of carbonyl (C=O) groups excluding carboxylic acids is 1. The minimum Gasteiger partial charge on any atom is -0.486 e. The van der Waals surface area contributed by atoms with Gasteiger partial charge in [0.15, 0.2) is 5.75 Å². The Morgan fingerprint density at radius 1 is 1.40 bits per heavy atom. The Morgan fingerprint density at radius 2 is 2.15 bits per heavy atom. The number of carbonyl (C=O) groups is 1. The summed E-state index contributed by atoms with van der Waals surface area (Å²) >= 11 is 1.33. The molecular weight excluding hydrogens is 276 g/mol. The fraction of sp³-hybridized carbons (Fsp3) is 0.615. The van der Waals surface area contributed by atoms with Crippen LogP contribution in [0, 0.1) is 0 Å². The van der Waals surface area contributed by atoms with Gasteiger partial charge in [0.1, 0.15) is 15.6 Å². The van der Waals surface area contributed by atoms with Gasteiger partial charge >= 0.3 is 0 Å². The Kier molecular flexibility index (Phi) is 4.72. The number of nitrogens with zero attached hydrogens (tertiary/aromatic N) is 1. The van der Waals surface area contributed by atoms with E-state index in [9.17, 15) is 4.79 Å². The van der Waals surface area contributed by atoms with Gasteiger partial charge in [-0.05, 0) is 26.8 Å². The van der Waals surface area contributed by atoms with Crippen molar-refractivity contribution in [2.75, 3.05) is 36.8 Å². The molecule has 1 fully saturated rings. The van der Waals surface area contributed by atoms with E-state index in [0.29, 0.717) is 16.3 Å². The van der Waals surface area contributed by atoms with Crippen LogP contribution in [0.4, 0.5) is 10.7 Å². The summed E-state index contributed by atoms with van der Waals surface area (Å²) in [4.78, 5) is 14.1. The Balaban J connectivity index is 2.38. The maximum Gasteiger partial charge on any atom is 0.261 e. The van der Waals surface area contributed by atoms with Gasteiger partial charge in [-0.25, -0.2) is 0 Å². The van der Waals surface area contributed by atoms with Crippen molar-refractivity contribution in [2.24, 2.45) is 5.73 Å². The third-order valence-corrected chi connectivity index (χ3v) is 4.35. The minimum absolute atomic E-state index is 0.00326. The van der Waals surface area contributed by atoms with Crippen LogP contribution >= 0.6 is 11.3 Å². The first-order valence-corrected chi connectivity index (χ1v) is 7.66. The molecule has 0 bridgehead atoms. The second kappa shape index (κ2) is 6.32. The lowest BCUT2D eigenvalue weighted by atomic mass is 10.3. The molecule has 2 heterocycles. The lowest BCUT2D eigenvalue weighted by Crippen LogP contribution is -2.27. The summed E-state index contributed by atoms with van der Waals surface area (Å²) in [6, 6.07) is 0. The third-order valence-electron chi connectivity index (χ3n) is 3.09. The molecule has 1 aromatic heterocycles. The van der Waals surface area contributed by atoms with Crippen molar-refractivity contribution in [1.29, 1.82) is 0 Å². The zero-order valence-electron chi connectivity index (χ0n) is 11.9. The Hall–Kier alpha value is -1.47. The number of nitrogens with two attached hydrogens (primary N) is 2. The molecule has 1 saturated heterocycles. The standard InChI is InChI=1S/C13H22N4O2S/c1-8(2)19-10-9(14)11(12(15)18)20-13(10)17-6-3-4-16-5-7-17/h8,16H,3-7,14H2,1-2H3,(H2,15,18). The largest absolute Gasteiger partial charge is 0.486 e. The van der Waals surface area contributed by atoms with Crippen molar-refractivity contribution in [2.45, 2.75) is 26.4 Å². The molecule has 0 atom stereocenters. The van der Waals surface area contributed by atoms with E-state index in [-0.39, 0.29) is 6.10 Å². The summed E-state index contributed by atoms with van der Waals surface area (Å²) < 4.78 is 5.82. The van der Waals surface area contributed by atoms with Gasteiger partial charge in [-0.2, -0.15) is 0 Å². The van der Waals surface area contributed by atoms with Crippen molar-refractivity contribution < 1.29 is 9.53 Å². The second-order valence-electron chi connectivity index (χ2n) is 5.10. The number of thiophene rings is 1. The van der Waals surface area contributed by atoms with Gasteiger partial charge in [0.05, 0.1) is 6.10 Å². The smallest absolute Gasteiger partial charge is 0.261 e. The summed E-state index contributed by atoms with van der Waals surface area (Å²) in [7, 11) is 0. The van der Waals surface area contributed by atoms with Gasteiger partial charge in [0.25, 0.3) is 5.91 Å². The third kappa shape index (κ3) is 3.16. The van der Waals surface area contributed by atoms with Crippen LogP contribution in [-0.4, -0.2) is 38.2 Å². The highest BCUT2D eigenvalue weighted by Crippen LogP contribution is 2.45. The zero-order chi connectivity index (χ0) is 14.7. The van der Waals surface area contributed by atoms with Crippen LogP contribution in [0.15, 0.2) is 0 Å². The molecule has 0 saturated carbocycles. The molecular formula is C13H22N4O2S. The lowest BCUT2D eigenvalue weighted by molar-refractivity contribution is 0.100. The number of nitrogens with one attached hydrogen (secondary N) is 1. The van der Waals surface area contributed by atoms with E-state index in [1.165, 1.54) is 11.3 Å². The fourth-order valence-corrected chi connectivity index (χ4v) is 3.26. The first kappa shape index (κ1) is 14.9. The molecule has 0 aliphatic carbocycles. The van der Waals surface area contributed by atoms with Crippen molar-refractivity contribution in [3.63, 3.8) is 0 Å². The molecule has 1 aliphatic rings. The molecule has 2 rings (SSSR count). The molecule has 0 unspecified atom stereocenters. The van der Waals surface area contributed by atoms with E-state index in [2.05, 4.69) is 10.2 Å². The van der Waals surface area contributed by atoms with Crippen LogP contribution in [0.25, 0.3) is 0 Å². The van der Waals surface area contributed by atoms with Gasteiger partial charge < -0.3 is 26.4 Å². The molecule has 1 amide bonds. The number of hydrogen-bond donors (Lipinski definition) is 3. The highest BCUT2D eigenvalue weighted by molar-refractivity contribution is 7.19. The van der Waals surface area contributed by atoms with Crippen LogP contribution in [0.5, 0.6) is 5.75 Å². The summed E-state index contributed by atoms with van der Waals surface area (Å²) in [5, 5.41) is 4.26. The fourth-order valence-electron chi connectivity index (χ4n) is 2.21. The van der Waals surface area contributed by atoms with Gasteiger partial charge in [0.2, 0.25) is 0 Å². The number of ether oxygens (including phenoxy) is 1. The van der Waals surface area contributed by atoms with E-state index in [1.807, 2.05) is 13.8 Å². The molecule has 0 spiro atoms. The second-order valence-corrected chi connectivity index (χ2v) is 6.10. The van der Waals surface area contributed by atoms with Gasteiger partial charge in [-0.15, -0.1) is 11.3 Å². The molecule has 0 aromatic carbocycles. The van der Waals surface area contributed by atoms with E-state index in [1.54, 1.807) is 0 Å². The molecule has 6 nitrogen and oxygen atoms in total. The minimum atomic E-state index is -0.500. The number of hydrogen-bond acceptors (Lipinski definition) is 6. The van der Waals surface area contributed by atoms with Gasteiger partial charge in [-0.1, -0.05) is 0 Å². The maximum atomic E-state index is 11.5. The van der Waals surface area contributed by atoms with Crippen LogP contribution in [-0.2, 0) is 0 Å². The molecule has 20 heavy (non-hydrogen) atoms. The van der Waals surface area contributed by atoms with E-state index in [0.717, 1.165) is 37.6 Å². The van der Waals surface area contributed by atoms with Crippen LogP contribution in [0.2, 0.25) is 0 Å². The van der Waals surface area contributed by atoms with Crippen LogP contribution in [0.1, 0.15) is 29.9 Å². The summed E-state index contributed by atoms with van der Waals surface area (Å²) in [5.74, 6) is 0.0982. The normalized spacial score (nSPS) is 16.2. The predicted octanol–water partition coefficient (Wildman–Crippen LogP) is 1.02. The molecule has 1 aliphatic heterocycles. The first-order valence-electron chi connectivity index (χ1n) is 6.85. The Bertz CT molecular complexity index is 479.